The van der Waals surface area contributed by atoms with Gasteiger partial charge in [0.05, 0.1) is 12.6 Å². The molecule has 1 N–H and O–H groups in total. The van der Waals surface area contributed by atoms with E-state index in [4.69, 9.17) is 4.74 Å². The summed E-state index contributed by atoms with van der Waals surface area (Å²) in [6.45, 7) is 9.05. The molecular weight excluding hydrogens is 292 g/mol. The summed E-state index contributed by atoms with van der Waals surface area (Å²) >= 11 is 0. The predicted octanol–water partition coefficient (Wildman–Crippen LogP) is 2.20. The number of hydrogen-bond acceptors (Lipinski definition) is 3. The molecule has 126 valence electrons. The Balaban J connectivity index is 1.97. The number of morpholine rings is 1. The van der Waals surface area contributed by atoms with E-state index in [9.17, 15) is 9.59 Å². The first-order valence-electron chi connectivity index (χ1n) is 8.12. The Hall–Kier alpha value is -1.88. The summed E-state index contributed by atoms with van der Waals surface area (Å²) in [6.07, 6.45) is 0.331. The molecule has 1 fully saturated rings. The number of rotatable bonds is 5. The number of nitrogens with one attached hydrogen (secondary N) is 1. The van der Waals surface area contributed by atoms with Crippen LogP contribution in [0.5, 0.6) is 0 Å². The van der Waals surface area contributed by atoms with Gasteiger partial charge in [-0.05, 0) is 43.0 Å². The van der Waals surface area contributed by atoms with Gasteiger partial charge in [0, 0.05) is 18.7 Å². The van der Waals surface area contributed by atoms with Crippen LogP contribution in [0.15, 0.2) is 18.2 Å². The summed E-state index contributed by atoms with van der Waals surface area (Å²) in [4.78, 5) is 25.6. The van der Waals surface area contributed by atoms with Crippen molar-refractivity contribution >= 4 is 17.5 Å². The fourth-order valence-corrected chi connectivity index (χ4v) is 2.56. The number of benzene rings is 1. The molecule has 1 atom stereocenters. The molecule has 1 unspecified atom stereocenters. The van der Waals surface area contributed by atoms with Crippen molar-refractivity contribution in [1.29, 1.82) is 0 Å². The van der Waals surface area contributed by atoms with Crippen LogP contribution in [0.1, 0.15) is 31.4 Å². The number of carbonyl (C=O) groups excluding carboxylic acids is 2. The van der Waals surface area contributed by atoms with Crippen LogP contribution in [0.4, 0.5) is 5.69 Å². The normalized spacial score (nSPS) is 18.4. The Kier molecular flexibility index (Phi) is 5.77. The zero-order chi connectivity index (χ0) is 17.0. The maximum Gasteiger partial charge on any atom is 0.253 e. The minimum absolute atomic E-state index is 0.0261. The summed E-state index contributed by atoms with van der Waals surface area (Å²) in [5.41, 5.74) is 3.25. The van der Waals surface area contributed by atoms with Gasteiger partial charge in [0.2, 0.25) is 5.91 Å². The first-order chi connectivity index (χ1) is 10.9. The molecule has 1 saturated heterocycles. The molecule has 1 aromatic carbocycles. The summed E-state index contributed by atoms with van der Waals surface area (Å²) < 4.78 is 5.55. The van der Waals surface area contributed by atoms with E-state index in [-0.39, 0.29) is 24.5 Å². The predicted molar refractivity (Wildman–Crippen MR) is 90.5 cm³/mol. The molecule has 1 heterocycles. The smallest absolute Gasteiger partial charge is 0.253 e. The van der Waals surface area contributed by atoms with Crippen LogP contribution >= 0.6 is 0 Å². The number of ether oxygens (including phenoxy) is 1. The Labute approximate surface area is 138 Å². The summed E-state index contributed by atoms with van der Waals surface area (Å²) in [7, 11) is 0. The molecule has 2 amide bonds. The van der Waals surface area contributed by atoms with Crippen molar-refractivity contribution in [1.82, 2.24) is 5.32 Å². The van der Waals surface area contributed by atoms with E-state index in [1.165, 1.54) is 5.56 Å². The molecule has 1 aliphatic heterocycles. The Morgan fingerprint density at radius 3 is 2.74 bits per heavy atom. The van der Waals surface area contributed by atoms with Crippen LogP contribution in [0.2, 0.25) is 0 Å². The number of anilines is 1. The van der Waals surface area contributed by atoms with E-state index in [0.29, 0.717) is 25.4 Å². The lowest BCUT2D eigenvalue weighted by atomic mass is 10.1. The number of aryl methyl sites for hydroxylation is 2. The second kappa shape index (κ2) is 7.59. The molecule has 5 heteroatoms. The third-order valence-corrected chi connectivity index (χ3v) is 4.05. The number of carbonyl (C=O) groups is 2. The summed E-state index contributed by atoms with van der Waals surface area (Å²) in [5.74, 6) is 0.312. The van der Waals surface area contributed by atoms with Crippen molar-refractivity contribution in [3.8, 4) is 0 Å². The molecule has 1 aliphatic rings. The van der Waals surface area contributed by atoms with Crippen LogP contribution in [0.3, 0.4) is 0 Å². The lowest BCUT2D eigenvalue weighted by Crippen LogP contribution is -2.50. The van der Waals surface area contributed by atoms with Crippen LogP contribution in [0.25, 0.3) is 0 Å². The highest BCUT2D eigenvalue weighted by Gasteiger charge is 2.27. The van der Waals surface area contributed by atoms with Gasteiger partial charge in [-0.15, -0.1) is 0 Å². The van der Waals surface area contributed by atoms with Crippen LogP contribution in [-0.4, -0.2) is 37.6 Å². The molecule has 2 rings (SSSR count). The Morgan fingerprint density at radius 2 is 2.09 bits per heavy atom. The number of hydrogen-bond donors (Lipinski definition) is 1. The van der Waals surface area contributed by atoms with Crippen molar-refractivity contribution in [2.45, 2.75) is 40.2 Å². The number of nitrogens with zero attached hydrogens (tertiary/aromatic N) is 1. The second-order valence-corrected chi connectivity index (χ2v) is 6.61. The minimum atomic E-state index is -0.176. The van der Waals surface area contributed by atoms with Crippen molar-refractivity contribution in [3.63, 3.8) is 0 Å². The van der Waals surface area contributed by atoms with E-state index in [1.807, 2.05) is 45.9 Å². The quantitative estimate of drug-likeness (QED) is 0.905. The highest BCUT2D eigenvalue weighted by Crippen LogP contribution is 2.21. The van der Waals surface area contributed by atoms with E-state index in [1.54, 1.807) is 4.90 Å². The van der Waals surface area contributed by atoms with E-state index in [2.05, 4.69) is 5.32 Å². The second-order valence-electron chi connectivity index (χ2n) is 6.61. The van der Waals surface area contributed by atoms with Gasteiger partial charge >= 0.3 is 0 Å². The third-order valence-electron chi connectivity index (χ3n) is 4.05. The highest BCUT2D eigenvalue weighted by molar-refractivity contribution is 5.95. The topological polar surface area (TPSA) is 58.6 Å². The maximum atomic E-state index is 12.1. The summed E-state index contributed by atoms with van der Waals surface area (Å²) in [6, 6.07) is 6.00. The first-order valence-corrected chi connectivity index (χ1v) is 8.12. The van der Waals surface area contributed by atoms with Crippen molar-refractivity contribution in [3.05, 3.63) is 29.3 Å². The Bertz CT molecular complexity index is 584. The largest absolute Gasteiger partial charge is 0.365 e. The van der Waals surface area contributed by atoms with Crippen LogP contribution in [0, 0.1) is 19.8 Å². The molecule has 0 aliphatic carbocycles. The van der Waals surface area contributed by atoms with Gasteiger partial charge in [0.15, 0.2) is 0 Å². The Morgan fingerprint density at radius 1 is 1.35 bits per heavy atom. The van der Waals surface area contributed by atoms with Crippen molar-refractivity contribution in [2.24, 2.45) is 5.92 Å². The lowest BCUT2D eigenvalue weighted by molar-refractivity contribution is -0.129. The maximum absolute atomic E-state index is 12.1. The van der Waals surface area contributed by atoms with Gasteiger partial charge in [-0.3, -0.25) is 9.59 Å². The summed E-state index contributed by atoms with van der Waals surface area (Å²) in [5, 5.41) is 2.89. The first kappa shape index (κ1) is 17.5. The molecule has 0 bridgehead atoms. The number of amides is 2. The fourth-order valence-electron chi connectivity index (χ4n) is 2.56. The third kappa shape index (κ3) is 4.79. The molecule has 5 nitrogen and oxygen atoms in total. The molecule has 0 saturated carbocycles. The van der Waals surface area contributed by atoms with Gasteiger partial charge in [-0.25, -0.2) is 0 Å². The van der Waals surface area contributed by atoms with E-state index >= 15 is 0 Å². The van der Waals surface area contributed by atoms with Gasteiger partial charge in [-0.1, -0.05) is 19.9 Å². The standard InChI is InChI=1S/C18H26N2O3/c1-12(2)7-17(21)19-9-16-10-20(18(22)11-23-16)15-6-5-13(3)14(4)8-15/h5-6,8,12,16H,7,9-11H2,1-4H3,(H,19,21). The van der Waals surface area contributed by atoms with Gasteiger partial charge in [0.1, 0.15) is 6.61 Å². The molecule has 1 aromatic rings. The van der Waals surface area contributed by atoms with Crippen LogP contribution < -0.4 is 10.2 Å². The molecule has 0 aromatic heterocycles. The minimum Gasteiger partial charge on any atom is -0.365 e. The average Bonchev–Trinajstić information content (AvgIpc) is 2.48. The SMILES string of the molecule is Cc1ccc(N2CC(CNC(=O)CC(C)C)OCC2=O)cc1C. The van der Waals surface area contributed by atoms with E-state index in [0.717, 1.165) is 11.3 Å². The zero-order valence-corrected chi connectivity index (χ0v) is 14.4. The molecule has 0 spiro atoms. The molecular formula is C18H26N2O3. The van der Waals surface area contributed by atoms with E-state index < -0.39 is 0 Å². The molecule has 0 radical (unpaired) electrons. The average molecular weight is 318 g/mol. The van der Waals surface area contributed by atoms with Gasteiger partial charge < -0.3 is 15.0 Å². The van der Waals surface area contributed by atoms with Gasteiger partial charge in [0.25, 0.3) is 5.91 Å². The van der Waals surface area contributed by atoms with Crippen molar-refractivity contribution in [2.75, 3.05) is 24.6 Å². The lowest BCUT2D eigenvalue weighted by Gasteiger charge is -2.33. The monoisotopic (exact) mass is 318 g/mol. The van der Waals surface area contributed by atoms with Crippen molar-refractivity contribution < 1.29 is 14.3 Å². The molecule has 23 heavy (non-hydrogen) atoms. The fraction of sp³-hybridized carbons (Fsp3) is 0.556. The van der Waals surface area contributed by atoms with Crippen LogP contribution in [-0.2, 0) is 14.3 Å². The van der Waals surface area contributed by atoms with Gasteiger partial charge in [-0.2, -0.15) is 0 Å². The zero-order valence-electron chi connectivity index (χ0n) is 14.4. The highest BCUT2D eigenvalue weighted by atomic mass is 16.5.